The Hall–Kier alpha value is -0.970. The van der Waals surface area contributed by atoms with Crippen LogP contribution in [-0.4, -0.2) is 34.2 Å². The molecular formula is C15H22N2OS. The standard InChI is InChI=1S/C15H22N2OS/c16-15(19)13-5-1-4-12(10-13)11-17(8-3-9-18)14-6-2-7-14/h1,4-5,10,14,18H,2-3,6-9,11H2,(H2,16,19). The molecule has 1 saturated carbocycles. The molecule has 1 aliphatic carbocycles. The first-order valence-electron chi connectivity index (χ1n) is 6.94. The maximum Gasteiger partial charge on any atom is 0.103 e. The van der Waals surface area contributed by atoms with Gasteiger partial charge in [-0.15, -0.1) is 0 Å². The van der Waals surface area contributed by atoms with Crippen molar-refractivity contribution in [2.24, 2.45) is 5.73 Å². The van der Waals surface area contributed by atoms with Crippen LogP contribution in [0.2, 0.25) is 0 Å². The van der Waals surface area contributed by atoms with Crippen LogP contribution in [0.25, 0.3) is 0 Å². The van der Waals surface area contributed by atoms with Gasteiger partial charge < -0.3 is 10.8 Å². The third-order valence-corrected chi connectivity index (χ3v) is 4.03. The Morgan fingerprint density at radius 3 is 2.79 bits per heavy atom. The zero-order valence-electron chi connectivity index (χ0n) is 11.2. The van der Waals surface area contributed by atoms with Crippen molar-refractivity contribution in [2.45, 2.75) is 38.3 Å². The number of rotatable bonds is 7. The van der Waals surface area contributed by atoms with Gasteiger partial charge in [0.1, 0.15) is 4.99 Å². The molecule has 0 unspecified atom stereocenters. The van der Waals surface area contributed by atoms with Crippen LogP contribution in [-0.2, 0) is 6.54 Å². The van der Waals surface area contributed by atoms with E-state index in [4.69, 9.17) is 23.1 Å². The van der Waals surface area contributed by atoms with Crippen LogP contribution in [0.1, 0.15) is 36.8 Å². The highest BCUT2D eigenvalue weighted by molar-refractivity contribution is 7.80. The Morgan fingerprint density at radius 1 is 1.42 bits per heavy atom. The number of nitrogens with two attached hydrogens (primary N) is 1. The fourth-order valence-corrected chi connectivity index (χ4v) is 2.60. The van der Waals surface area contributed by atoms with Gasteiger partial charge >= 0.3 is 0 Å². The average molecular weight is 278 g/mol. The predicted molar refractivity (Wildman–Crippen MR) is 82.1 cm³/mol. The minimum atomic E-state index is 0.260. The summed E-state index contributed by atoms with van der Waals surface area (Å²) < 4.78 is 0. The molecule has 3 nitrogen and oxygen atoms in total. The lowest BCUT2D eigenvalue weighted by atomic mass is 9.91. The Kier molecular flexibility index (Phi) is 5.31. The summed E-state index contributed by atoms with van der Waals surface area (Å²) in [7, 11) is 0. The van der Waals surface area contributed by atoms with E-state index in [1.54, 1.807) is 0 Å². The Morgan fingerprint density at radius 2 is 2.21 bits per heavy atom. The Bertz CT molecular complexity index is 432. The predicted octanol–water partition coefficient (Wildman–Crippen LogP) is 2.06. The van der Waals surface area contributed by atoms with Gasteiger partial charge in [-0.2, -0.15) is 0 Å². The lowest BCUT2D eigenvalue weighted by Gasteiger charge is -2.37. The number of nitrogens with zero attached hydrogens (tertiary/aromatic N) is 1. The topological polar surface area (TPSA) is 49.5 Å². The molecule has 0 radical (unpaired) electrons. The highest BCUT2D eigenvalue weighted by atomic mass is 32.1. The van der Waals surface area contributed by atoms with Gasteiger partial charge in [0, 0.05) is 31.3 Å². The summed E-state index contributed by atoms with van der Waals surface area (Å²) in [5, 5.41) is 9.01. The van der Waals surface area contributed by atoms with Crippen molar-refractivity contribution >= 4 is 17.2 Å². The zero-order chi connectivity index (χ0) is 13.7. The summed E-state index contributed by atoms with van der Waals surface area (Å²) in [4.78, 5) is 2.92. The molecule has 1 aromatic rings. The summed E-state index contributed by atoms with van der Waals surface area (Å²) in [5.74, 6) is 0. The third kappa shape index (κ3) is 4.00. The second-order valence-corrected chi connectivity index (χ2v) is 5.64. The van der Waals surface area contributed by atoms with Gasteiger partial charge in [-0.05, 0) is 30.9 Å². The molecule has 0 spiro atoms. The van der Waals surface area contributed by atoms with Crippen molar-refractivity contribution in [3.8, 4) is 0 Å². The van der Waals surface area contributed by atoms with E-state index in [2.05, 4.69) is 17.0 Å². The van der Waals surface area contributed by atoms with Gasteiger partial charge in [0.25, 0.3) is 0 Å². The van der Waals surface area contributed by atoms with Crippen LogP contribution in [0, 0.1) is 0 Å². The zero-order valence-corrected chi connectivity index (χ0v) is 12.0. The smallest absolute Gasteiger partial charge is 0.103 e. The summed E-state index contributed by atoms with van der Waals surface area (Å²) in [6, 6.07) is 8.83. The maximum atomic E-state index is 9.01. The number of hydrogen-bond acceptors (Lipinski definition) is 3. The van der Waals surface area contributed by atoms with E-state index < -0.39 is 0 Å². The van der Waals surface area contributed by atoms with Gasteiger partial charge in [0.2, 0.25) is 0 Å². The molecule has 3 N–H and O–H groups in total. The lowest BCUT2D eigenvalue weighted by molar-refractivity contribution is 0.109. The number of aliphatic hydroxyl groups is 1. The van der Waals surface area contributed by atoms with Crippen LogP contribution in [0.5, 0.6) is 0 Å². The first-order chi connectivity index (χ1) is 9.20. The minimum absolute atomic E-state index is 0.260. The van der Waals surface area contributed by atoms with E-state index in [0.717, 1.165) is 25.1 Å². The first-order valence-corrected chi connectivity index (χ1v) is 7.35. The van der Waals surface area contributed by atoms with E-state index in [1.807, 2.05) is 12.1 Å². The van der Waals surface area contributed by atoms with Gasteiger partial charge in [0.15, 0.2) is 0 Å². The van der Waals surface area contributed by atoms with Crippen molar-refractivity contribution in [2.75, 3.05) is 13.2 Å². The van der Waals surface area contributed by atoms with Crippen molar-refractivity contribution in [3.05, 3.63) is 35.4 Å². The highest BCUT2D eigenvalue weighted by Crippen LogP contribution is 2.26. The van der Waals surface area contributed by atoms with E-state index in [1.165, 1.54) is 24.8 Å². The molecule has 1 aromatic carbocycles. The Balaban J connectivity index is 2.02. The second kappa shape index (κ2) is 6.98. The SMILES string of the molecule is NC(=S)c1cccc(CN(CCCO)C2CCC2)c1. The monoisotopic (exact) mass is 278 g/mol. The fourth-order valence-electron chi connectivity index (χ4n) is 2.47. The summed E-state index contributed by atoms with van der Waals surface area (Å²) >= 11 is 5.02. The highest BCUT2D eigenvalue weighted by Gasteiger charge is 2.24. The molecular weight excluding hydrogens is 256 g/mol. The largest absolute Gasteiger partial charge is 0.396 e. The minimum Gasteiger partial charge on any atom is -0.396 e. The van der Waals surface area contributed by atoms with Gasteiger partial charge in [-0.1, -0.05) is 36.8 Å². The van der Waals surface area contributed by atoms with Crippen molar-refractivity contribution in [1.29, 1.82) is 0 Å². The van der Waals surface area contributed by atoms with Crippen LogP contribution >= 0.6 is 12.2 Å². The molecule has 0 aromatic heterocycles. The molecule has 0 atom stereocenters. The van der Waals surface area contributed by atoms with E-state index in [9.17, 15) is 0 Å². The molecule has 0 heterocycles. The number of thiocarbonyl (C=S) groups is 1. The summed E-state index contributed by atoms with van der Waals surface area (Å²) in [6.07, 6.45) is 4.72. The molecule has 4 heteroatoms. The van der Waals surface area contributed by atoms with E-state index >= 15 is 0 Å². The van der Waals surface area contributed by atoms with Gasteiger partial charge in [-0.25, -0.2) is 0 Å². The molecule has 0 saturated heterocycles. The summed E-state index contributed by atoms with van der Waals surface area (Å²) in [6.45, 7) is 2.13. The first kappa shape index (κ1) is 14.4. The Labute approximate surface area is 120 Å². The van der Waals surface area contributed by atoms with E-state index in [-0.39, 0.29) is 6.61 Å². The average Bonchev–Trinajstić information content (AvgIpc) is 2.34. The van der Waals surface area contributed by atoms with Crippen molar-refractivity contribution in [1.82, 2.24) is 4.90 Å². The third-order valence-electron chi connectivity index (χ3n) is 3.79. The molecule has 0 amide bonds. The maximum absolute atomic E-state index is 9.01. The second-order valence-electron chi connectivity index (χ2n) is 5.20. The van der Waals surface area contributed by atoms with Crippen molar-refractivity contribution < 1.29 is 5.11 Å². The van der Waals surface area contributed by atoms with Crippen LogP contribution < -0.4 is 5.73 Å². The van der Waals surface area contributed by atoms with Crippen LogP contribution in [0.15, 0.2) is 24.3 Å². The normalized spacial score (nSPS) is 15.5. The van der Waals surface area contributed by atoms with Gasteiger partial charge in [-0.3, -0.25) is 4.90 Å². The molecule has 2 rings (SSSR count). The molecule has 1 aliphatic rings. The molecule has 104 valence electrons. The quantitative estimate of drug-likeness (QED) is 0.750. The fraction of sp³-hybridized carbons (Fsp3) is 0.533. The molecule has 0 bridgehead atoms. The molecule has 0 aliphatic heterocycles. The lowest BCUT2D eigenvalue weighted by Crippen LogP contribution is -2.40. The van der Waals surface area contributed by atoms with Gasteiger partial charge in [0.05, 0.1) is 0 Å². The number of benzene rings is 1. The van der Waals surface area contributed by atoms with E-state index in [0.29, 0.717) is 11.0 Å². The summed E-state index contributed by atoms with van der Waals surface area (Å²) in [5.41, 5.74) is 7.85. The van der Waals surface area contributed by atoms with Crippen molar-refractivity contribution in [3.63, 3.8) is 0 Å². The van der Waals surface area contributed by atoms with Crippen LogP contribution in [0.4, 0.5) is 0 Å². The number of aliphatic hydroxyl groups excluding tert-OH is 1. The molecule has 1 fully saturated rings. The number of hydrogen-bond donors (Lipinski definition) is 2. The molecule has 19 heavy (non-hydrogen) atoms. The van der Waals surface area contributed by atoms with Crippen LogP contribution in [0.3, 0.4) is 0 Å².